The van der Waals surface area contributed by atoms with E-state index in [9.17, 15) is 18.8 Å². The first-order chi connectivity index (χ1) is 14.0. The molecule has 0 saturated heterocycles. The van der Waals surface area contributed by atoms with Crippen molar-refractivity contribution < 1.29 is 28.6 Å². The lowest BCUT2D eigenvalue weighted by atomic mass is 9.70. The zero-order chi connectivity index (χ0) is 22.3. The number of hydrogen-bond acceptors (Lipinski definition) is 5. The van der Waals surface area contributed by atoms with Gasteiger partial charge in [-0.05, 0) is 31.2 Å². The van der Waals surface area contributed by atoms with Crippen molar-refractivity contribution in [3.05, 3.63) is 35.6 Å². The van der Waals surface area contributed by atoms with E-state index in [0.29, 0.717) is 5.92 Å². The number of halogens is 1. The van der Waals surface area contributed by atoms with E-state index in [2.05, 4.69) is 26.1 Å². The van der Waals surface area contributed by atoms with Gasteiger partial charge in [0.1, 0.15) is 11.9 Å². The number of rotatable bonds is 7. The maximum atomic E-state index is 14.5. The molecule has 0 spiro atoms. The van der Waals surface area contributed by atoms with Gasteiger partial charge in [-0.15, -0.1) is 0 Å². The zero-order valence-electron chi connectivity index (χ0n) is 17.5. The standard InChI is InChI=1S/C22H29FN2O5/c1-21(2)12-8-9-22(3,11-12)20(21)30-19(29)17(13-6-4-5-7-14(13)23)25-18(28)15(24)10-16(26)27/h4-7,12,15,17,20H,8-11,24H2,1-3H3,(H,25,28)(H,26,27)/t12?,15-,17+,20+,22-/m0/s1. The molecule has 2 aliphatic carbocycles. The van der Waals surface area contributed by atoms with Crippen LogP contribution in [0.2, 0.25) is 0 Å². The molecule has 2 fully saturated rings. The van der Waals surface area contributed by atoms with Crippen LogP contribution in [0, 0.1) is 22.6 Å². The van der Waals surface area contributed by atoms with Crippen LogP contribution in [0.5, 0.6) is 0 Å². The number of nitrogens with one attached hydrogen (secondary N) is 1. The lowest BCUT2D eigenvalue weighted by Crippen LogP contribution is -2.48. The molecule has 1 aromatic rings. The second-order valence-electron chi connectivity index (χ2n) is 9.40. The third-order valence-electron chi connectivity index (χ3n) is 6.84. The summed E-state index contributed by atoms with van der Waals surface area (Å²) in [5, 5.41) is 11.3. The average Bonchev–Trinajstić information content (AvgIpc) is 3.14. The second kappa shape index (κ2) is 7.98. The third kappa shape index (κ3) is 4.05. The first-order valence-electron chi connectivity index (χ1n) is 10.2. The van der Waals surface area contributed by atoms with E-state index in [-0.39, 0.29) is 22.5 Å². The van der Waals surface area contributed by atoms with Gasteiger partial charge in [0.15, 0.2) is 6.04 Å². The molecule has 7 nitrogen and oxygen atoms in total. The van der Waals surface area contributed by atoms with Crippen molar-refractivity contribution in [3.8, 4) is 0 Å². The molecular weight excluding hydrogens is 391 g/mol. The quantitative estimate of drug-likeness (QED) is 0.584. The number of carbonyl (C=O) groups is 3. The Labute approximate surface area is 175 Å². The summed E-state index contributed by atoms with van der Waals surface area (Å²) in [6.07, 6.45) is 2.00. The molecule has 3 rings (SSSR count). The van der Waals surface area contributed by atoms with Gasteiger partial charge in [-0.2, -0.15) is 0 Å². The van der Waals surface area contributed by atoms with E-state index >= 15 is 0 Å². The number of benzene rings is 1. The number of nitrogens with two attached hydrogens (primary N) is 1. The molecule has 2 saturated carbocycles. The van der Waals surface area contributed by atoms with Gasteiger partial charge in [0, 0.05) is 16.4 Å². The van der Waals surface area contributed by atoms with Crippen LogP contribution in [0.1, 0.15) is 58.1 Å². The van der Waals surface area contributed by atoms with Crippen LogP contribution < -0.4 is 11.1 Å². The normalized spacial score (nSPS) is 28.6. The van der Waals surface area contributed by atoms with E-state index < -0.39 is 42.2 Å². The van der Waals surface area contributed by atoms with Crippen LogP contribution in [0.15, 0.2) is 24.3 Å². The first kappa shape index (κ1) is 22.2. The van der Waals surface area contributed by atoms with Gasteiger partial charge in [0.2, 0.25) is 5.91 Å². The van der Waals surface area contributed by atoms with Crippen LogP contribution >= 0.6 is 0 Å². The summed E-state index contributed by atoms with van der Waals surface area (Å²) in [7, 11) is 0. The summed E-state index contributed by atoms with van der Waals surface area (Å²) in [4.78, 5) is 36.4. The van der Waals surface area contributed by atoms with Crippen molar-refractivity contribution in [3.63, 3.8) is 0 Å². The van der Waals surface area contributed by atoms with Gasteiger partial charge in [0.05, 0.1) is 12.5 Å². The Kier molecular flexibility index (Phi) is 5.91. The highest BCUT2D eigenvalue weighted by Crippen LogP contribution is 2.63. The number of ether oxygens (including phenoxy) is 1. The smallest absolute Gasteiger partial charge is 0.333 e. The molecule has 4 N–H and O–H groups in total. The summed E-state index contributed by atoms with van der Waals surface area (Å²) in [6, 6.07) is 2.79. The number of carboxylic acid groups (broad SMARTS) is 1. The molecule has 30 heavy (non-hydrogen) atoms. The van der Waals surface area contributed by atoms with Crippen LogP contribution in [-0.4, -0.2) is 35.1 Å². The number of carbonyl (C=O) groups excluding carboxylic acids is 2. The van der Waals surface area contributed by atoms with Crippen molar-refractivity contribution in [1.29, 1.82) is 0 Å². The molecule has 2 aliphatic rings. The van der Waals surface area contributed by atoms with E-state index in [1.54, 1.807) is 6.07 Å². The summed E-state index contributed by atoms with van der Waals surface area (Å²) < 4.78 is 20.4. The summed E-state index contributed by atoms with van der Waals surface area (Å²) >= 11 is 0. The summed E-state index contributed by atoms with van der Waals surface area (Å²) in [5.74, 6) is -3.13. The lowest BCUT2D eigenvalue weighted by molar-refractivity contribution is -0.168. The fourth-order valence-electron chi connectivity index (χ4n) is 5.24. The number of esters is 1. The van der Waals surface area contributed by atoms with Crippen molar-refractivity contribution in [2.75, 3.05) is 0 Å². The molecular formula is C22H29FN2O5. The average molecular weight is 420 g/mol. The Morgan fingerprint density at radius 1 is 1.30 bits per heavy atom. The minimum atomic E-state index is -1.42. The van der Waals surface area contributed by atoms with Crippen molar-refractivity contribution in [2.45, 2.75) is 64.6 Å². The Balaban J connectivity index is 1.85. The molecule has 1 unspecified atom stereocenters. The number of aliphatic carboxylic acids is 1. The van der Waals surface area contributed by atoms with Crippen LogP contribution in [0.25, 0.3) is 0 Å². The fourth-order valence-corrected chi connectivity index (χ4v) is 5.24. The Bertz CT molecular complexity index is 853. The third-order valence-corrected chi connectivity index (χ3v) is 6.84. The zero-order valence-corrected chi connectivity index (χ0v) is 17.5. The highest BCUT2D eigenvalue weighted by molar-refractivity contribution is 5.90. The van der Waals surface area contributed by atoms with E-state index in [4.69, 9.17) is 15.6 Å². The van der Waals surface area contributed by atoms with Crippen molar-refractivity contribution >= 4 is 17.8 Å². The van der Waals surface area contributed by atoms with E-state index in [1.165, 1.54) is 18.2 Å². The SMILES string of the molecule is CC1(C)C2CC[C@@](C)(C2)[C@@H]1OC(=O)[C@H](NC(=O)[C@@H](N)CC(=O)O)c1ccccc1F. The minimum absolute atomic E-state index is 0.0514. The highest BCUT2D eigenvalue weighted by atomic mass is 19.1. The summed E-state index contributed by atoms with van der Waals surface area (Å²) in [6.45, 7) is 6.23. The monoisotopic (exact) mass is 420 g/mol. The van der Waals surface area contributed by atoms with E-state index in [0.717, 1.165) is 19.3 Å². The van der Waals surface area contributed by atoms with E-state index in [1.807, 2.05) is 0 Å². The van der Waals surface area contributed by atoms with Crippen molar-refractivity contribution in [1.82, 2.24) is 5.32 Å². The molecule has 5 atom stereocenters. The predicted molar refractivity (Wildman–Crippen MR) is 107 cm³/mol. The molecule has 2 bridgehead atoms. The van der Waals surface area contributed by atoms with Gasteiger partial charge in [-0.25, -0.2) is 9.18 Å². The molecule has 0 aliphatic heterocycles. The predicted octanol–water partition coefficient (Wildman–Crippen LogP) is 2.54. The number of fused-ring (bicyclic) bond motifs is 2. The van der Waals surface area contributed by atoms with Gasteiger partial charge in [0.25, 0.3) is 0 Å². The maximum Gasteiger partial charge on any atom is 0.333 e. The number of hydrogen-bond donors (Lipinski definition) is 3. The molecule has 1 amide bonds. The first-order valence-corrected chi connectivity index (χ1v) is 10.2. The second-order valence-corrected chi connectivity index (χ2v) is 9.40. The molecule has 0 heterocycles. The Morgan fingerprint density at radius 3 is 2.53 bits per heavy atom. The number of amides is 1. The van der Waals surface area contributed by atoms with Gasteiger partial charge in [-0.1, -0.05) is 39.0 Å². The topological polar surface area (TPSA) is 119 Å². The Morgan fingerprint density at radius 2 is 1.97 bits per heavy atom. The minimum Gasteiger partial charge on any atom is -0.481 e. The van der Waals surface area contributed by atoms with Crippen LogP contribution in [-0.2, 0) is 19.1 Å². The van der Waals surface area contributed by atoms with Crippen LogP contribution in [0.4, 0.5) is 4.39 Å². The lowest BCUT2D eigenvalue weighted by Gasteiger charge is -2.42. The molecule has 0 aromatic heterocycles. The Hall–Kier alpha value is -2.48. The summed E-state index contributed by atoms with van der Waals surface area (Å²) in [5.41, 5.74) is 5.18. The molecule has 8 heteroatoms. The highest BCUT2D eigenvalue weighted by Gasteiger charge is 2.61. The van der Waals surface area contributed by atoms with Crippen LogP contribution in [0.3, 0.4) is 0 Å². The maximum absolute atomic E-state index is 14.5. The van der Waals surface area contributed by atoms with Gasteiger partial charge < -0.3 is 20.9 Å². The number of carboxylic acids is 1. The fraction of sp³-hybridized carbons (Fsp3) is 0.591. The van der Waals surface area contributed by atoms with Gasteiger partial charge in [-0.3, -0.25) is 9.59 Å². The van der Waals surface area contributed by atoms with Gasteiger partial charge >= 0.3 is 11.9 Å². The van der Waals surface area contributed by atoms with Crippen molar-refractivity contribution in [2.24, 2.45) is 22.5 Å². The molecule has 164 valence electrons. The largest absolute Gasteiger partial charge is 0.481 e. The molecule has 0 radical (unpaired) electrons. The molecule has 1 aromatic carbocycles.